The maximum atomic E-state index is 6.14. The van der Waals surface area contributed by atoms with Crippen molar-refractivity contribution in [2.45, 2.75) is 46.4 Å². The van der Waals surface area contributed by atoms with E-state index in [0.717, 1.165) is 17.2 Å². The Bertz CT molecular complexity index is 364. The lowest BCUT2D eigenvalue weighted by atomic mass is 9.87. The predicted molar refractivity (Wildman–Crippen MR) is 58.2 cm³/mol. The molecule has 1 aromatic heterocycles. The maximum Gasteiger partial charge on any atom is 0.124 e. The molecule has 0 spiro atoms. The number of hydrogen-bond acceptors (Lipinski definition) is 3. The molecule has 2 atom stereocenters. The summed E-state index contributed by atoms with van der Waals surface area (Å²) < 4.78 is 5.45. The number of aromatic nitrogens is 2. The molecule has 1 aliphatic heterocycles. The average molecular weight is 209 g/mol. The van der Waals surface area contributed by atoms with E-state index in [1.807, 2.05) is 6.92 Å². The quantitative estimate of drug-likeness (QED) is 0.744. The summed E-state index contributed by atoms with van der Waals surface area (Å²) in [5, 5.41) is 0. The number of hydrogen-bond donors (Lipinski definition) is 2. The van der Waals surface area contributed by atoms with Gasteiger partial charge in [-0.15, -0.1) is 0 Å². The van der Waals surface area contributed by atoms with Crippen LogP contribution in [-0.2, 0) is 11.3 Å². The van der Waals surface area contributed by atoms with Crippen molar-refractivity contribution < 1.29 is 4.74 Å². The molecule has 0 radical (unpaired) electrons. The van der Waals surface area contributed by atoms with Crippen LogP contribution in [0.1, 0.15) is 57.1 Å². The zero-order valence-corrected chi connectivity index (χ0v) is 9.79. The van der Waals surface area contributed by atoms with Crippen LogP contribution < -0.4 is 5.73 Å². The molecule has 84 valence electrons. The van der Waals surface area contributed by atoms with E-state index in [1.54, 1.807) is 0 Å². The molecule has 1 unspecified atom stereocenters. The SMILES string of the molecule is CC1OCc2[nH]c([C@@H](N)C(C)(C)C)nc21. The van der Waals surface area contributed by atoms with Gasteiger partial charge in [0.15, 0.2) is 0 Å². The summed E-state index contributed by atoms with van der Waals surface area (Å²) in [5.74, 6) is 0.877. The van der Waals surface area contributed by atoms with Gasteiger partial charge in [-0.3, -0.25) is 0 Å². The fraction of sp³-hybridized carbons (Fsp3) is 0.727. The van der Waals surface area contributed by atoms with Crippen LogP contribution in [-0.4, -0.2) is 9.97 Å². The third-order valence-corrected chi connectivity index (χ3v) is 2.92. The van der Waals surface area contributed by atoms with Gasteiger partial charge < -0.3 is 15.5 Å². The van der Waals surface area contributed by atoms with Crippen LogP contribution in [0.5, 0.6) is 0 Å². The summed E-state index contributed by atoms with van der Waals surface area (Å²) >= 11 is 0. The molecule has 0 saturated carbocycles. The standard InChI is InChI=1S/C11H19N3O/c1-6-8-7(5-15-6)13-10(14-8)9(12)11(2,3)4/h6,9H,5,12H2,1-4H3,(H,13,14)/t6?,9-/m1/s1. The summed E-state index contributed by atoms with van der Waals surface area (Å²) in [6, 6.07) is -0.0599. The Hall–Kier alpha value is -0.870. The van der Waals surface area contributed by atoms with Gasteiger partial charge in [0.05, 0.1) is 30.1 Å². The van der Waals surface area contributed by atoms with E-state index in [1.165, 1.54) is 0 Å². The van der Waals surface area contributed by atoms with Crippen LogP contribution in [0.25, 0.3) is 0 Å². The smallest absolute Gasteiger partial charge is 0.124 e. The number of nitrogens with two attached hydrogens (primary N) is 1. The molecule has 0 aliphatic carbocycles. The summed E-state index contributed by atoms with van der Waals surface area (Å²) in [6.45, 7) is 8.99. The Morgan fingerprint density at radius 3 is 2.73 bits per heavy atom. The van der Waals surface area contributed by atoms with Gasteiger partial charge in [-0.1, -0.05) is 20.8 Å². The first-order chi connectivity index (χ1) is 6.89. The minimum Gasteiger partial charge on any atom is -0.366 e. The van der Waals surface area contributed by atoms with Crippen molar-refractivity contribution in [1.82, 2.24) is 9.97 Å². The van der Waals surface area contributed by atoms with Crippen molar-refractivity contribution in [2.75, 3.05) is 0 Å². The van der Waals surface area contributed by atoms with Crippen LogP contribution in [0.4, 0.5) is 0 Å². The van der Waals surface area contributed by atoms with E-state index in [4.69, 9.17) is 10.5 Å². The van der Waals surface area contributed by atoms with Crippen LogP contribution in [0.15, 0.2) is 0 Å². The second-order valence-corrected chi connectivity index (χ2v) is 5.28. The van der Waals surface area contributed by atoms with Crippen LogP contribution >= 0.6 is 0 Å². The molecule has 15 heavy (non-hydrogen) atoms. The maximum absolute atomic E-state index is 6.14. The van der Waals surface area contributed by atoms with Crippen LogP contribution in [0.3, 0.4) is 0 Å². The molecule has 1 aliphatic rings. The number of aromatic amines is 1. The zero-order chi connectivity index (χ0) is 11.2. The molecule has 2 heterocycles. The van der Waals surface area contributed by atoms with Gasteiger partial charge >= 0.3 is 0 Å². The topological polar surface area (TPSA) is 63.9 Å². The molecule has 0 amide bonds. The minimum atomic E-state index is -0.0599. The molecular formula is C11H19N3O. The summed E-state index contributed by atoms with van der Waals surface area (Å²) in [7, 11) is 0. The van der Waals surface area contributed by atoms with Crippen molar-refractivity contribution in [3.8, 4) is 0 Å². The number of imidazole rings is 1. The number of fused-ring (bicyclic) bond motifs is 1. The lowest BCUT2D eigenvalue weighted by Crippen LogP contribution is -2.27. The Morgan fingerprint density at radius 1 is 1.53 bits per heavy atom. The molecule has 0 bridgehead atoms. The first kappa shape index (κ1) is 10.6. The molecule has 0 aromatic carbocycles. The molecule has 0 saturated heterocycles. The van der Waals surface area contributed by atoms with Crippen LogP contribution in [0.2, 0.25) is 0 Å². The third kappa shape index (κ3) is 1.79. The van der Waals surface area contributed by atoms with E-state index in [0.29, 0.717) is 6.61 Å². The Kier molecular flexibility index (Phi) is 2.35. The van der Waals surface area contributed by atoms with E-state index >= 15 is 0 Å². The van der Waals surface area contributed by atoms with E-state index < -0.39 is 0 Å². The van der Waals surface area contributed by atoms with Crippen molar-refractivity contribution in [3.63, 3.8) is 0 Å². The van der Waals surface area contributed by atoms with Crippen LogP contribution in [0, 0.1) is 5.41 Å². The number of H-pyrrole nitrogens is 1. The zero-order valence-electron chi connectivity index (χ0n) is 9.79. The first-order valence-corrected chi connectivity index (χ1v) is 5.35. The average Bonchev–Trinajstić information content (AvgIpc) is 2.66. The van der Waals surface area contributed by atoms with Gasteiger partial charge in [0.1, 0.15) is 5.82 Å². The summed E-state index contributed by atoms with van der Waals surface area (Å²) in [5.41, 5.74) is 8.27. The highest BCUT2D eigenvalue weighted by molar-refractivity contribution is 5.21. The predicted octanol–water partition coefficient (Wildman–Crippen LogP) is 2.05. The molecular weight excluding hydrogens is 190 g/mol. The van der Waals surface area contributed by atoms with Crippen molar-refractivity contribution in [3.05, 3.63) is 17.2 Å². The molecule has 4 nitrogen and oxygen atoms in total. The van der Waals surface area contributed by atoms with Crippen molar-refractivity contribution in [2.24, 2.45) is 11.1 Å². The highest BCUT2D eigenvalue weighted by Crippen LogP contribution is 2.33. The van der Waals surface area contributed by atoms with E-state index in [2.05, 4.69) is 30.7 Å². The van der Waals surface area contributed by atoms with Gasteiger partial charge in [-0.2, -0.15) is 0 Å². The van der Waals surface area contributed by atoms with Crippen molar-refractivity contribution >= 4 is 0 Å². The lowest BCUT2D eigenvalue weighted by Gasteiger charge is -2.25. The number of nitrogens with one attached hydrogen (secondary N) is 1. The van der Waals surface area contributed by atoms with Crippen molar-refractivity contribution in [1.29, 1.82) is 0 Å². The highest BCUT2D eigenvalue weighted by atomic mass is 16.5. The largest absolute Gasteiger partial charge is 0.366 e. The normalized spacial score (nSPS) is 22.9. The van der Waals surface area contributed by atoms with Gasteiger partial charge in [0.2, 0.25) is 0 Å². The molecule has 0 fully saturated rings. The Morgan fingerprint density at radius 2 is 2.20 bits per heavy atom. The van der Waals surface area contributed by atoms with Gasteiger partial charge in [0.25, 0.3) is 0 Å². The molecule has 3 N–H and O–H groups in total. The number of nitrogens with zero attached hydrogens (tertiary/aromatic N) is 1. The summed E-state index contributed by atoms with van der Waals surface area (Å²) in [4.78, 5) is 7.80. The monoisotopic (exact) mass is 209 g/mol. The van der Waals surface area contributed by atoms with E-state index in [9.17, 15) is 0 Å². The fourth-order valence-corrected chi connectivity index (χ4v) is 1.73. The van der Waals surface area contributed by atoms with Gasteiger partial charge in [-0.25, -0.2) is 4.98 Å². The Balaban J connectivity index is 2.29. The Labute approximate surface area is 90.2 Å². The molecule has 1 aromatic rings. The van der Waals surface area contributed by atoms with E-state index in [-0.39, 0.29) is 17.6 Å². The van der Waals surface area contributed by atoms with Gasteiger partial charge in [0, 0.05) is 0 Å². The fourth-order valence-electron chi connectivity index (χ4n) is 1.73. The van der Waals surface area contributed by atoms with Gasteiger partial charge in [-0.05, 0) is 12.3 Å². The summed E-state index contributed by atoms with van der Waals surface area (Å²) in [6.07, 6.45) is 0.0946. The first-order valence-electron chi connectivity index (χ1n) is 5.35. The number of rotatable bonds is 1. The minimum absolute atomic E-state index is 0.0235. The second-order valence-electron chi connectivity index (χ2n) is 5.28. The lowest BCUT2D eigenvalue weighted by molar-refractivity contribution is 0.0754. The second kappa shape index (κ2) is 3.32. The third-order valence-electron chi connectivity index (χ3n) is 2.92. The number of ether oxygens (including phenoxy) is 1. The molecule has 4 heteroatoms. The highest BCUT2D eigenvalue weighted by Gasteiger charge is 2.29. The molecule has 2 rings (SSSR count).